The van der Waals surface area contributed by atoms with Crippen molar-refractivity contribution in [3.05, 3.63) is 0 Å². The van der Waals surface area contributed by atoms with E-state index in [0.717, 1.165) is 51.6 Å². The lowest BCUT2D eigenvalue weighted by Crippen LogP contribution is -2.63. The molecular formula is C20H35NO3. The van der Waals surface area contributed by atoms with E-state index in [9.17, 15) is 9.90 Å². The fourth-order valence-corrected chi connectivity index (χ4v) is 5.62. The molecule has 2 aliphatic carbocycles. The summed E-state index contributed by atoms with van der Waals surface area (Å²) in [7, 11) is 0. The first kappa shape index (κ1) is 18.2. The van der Waals surface area contributed by atoms with Gasteiger partial charge >= 0.3 is 0 Å². The number of likely N-dealkylation sites (tertiary alicyclic amines) is 1. The van der Waals surface area contributed by atoms with Crippen LogP contribution in [0.1, 0.15) is 72.1 Å². The average Bonchev–Trinajstić information content (AvgIpc) is 3.03. The molecule has 1 saturated heterocycles. The fourth-order valence-electron chi connectivity index (χ4n) is 5.62. The quantitative estimate of drug-likeness (QED) is 0.837. The van der Waals surface area contributed by atoms with Crippen LogP contribution in [0, 0.1) is 16.7 Å². The molecule has 3 fully saturated rings. The van der Waals surface area contributed by atoms with Crippen molar-refractivity contribution in [1.29, 1.82) is 0 Å². The number of rotatable bonds is 5. The van der Waals surface area contributed by atoms with Gasteiger partial charge in [-0.25, -0.2) is 0 Å². The van der Waals surface area contributed by atoms with Gasteiger partial charge in [-0.15, -0.1) is 0 Å². The van der Waals surface area contributed by atoms with Gasteiger partial charge in [0.1, 0.15) is 0 Å². The maximum absolute atomic E-state index is 13.3. The molecule has 0 bridgehead atoms. The molecule has 3 aliphatic rings. The van der Waals surface area contributed by atoms with Gasteiger partial charge in [0.25, 0.3) is 0 Å². The molecule has 0 aromatic carbocycles. The molecular weight excluding hydrogens is 302 g/mol. The summed E-state index contributed by atoms with van der Waals surface area (Å²) < 4.78 is 5.85. The summed E-state index contributed by atoms with van der Waals surface area (Å²) in [6.07, 6.45) is 8.03. The third kappa shape index (κ3) is 3.01. The van der Waals surface area contributed by atoms with Gasteiger partial charge in [0.2, 0.25) is 5.91 Å². The molecule has 3 rings (SSSR count). The van der Waals surface area contributed by atoms with E-state index in [1.807, 2.05) is 6.92 Å². The molecule has 0 aromatic rings. The van der Waals surface area contributed by atoms with Crippen molar-refractivity contribution in [1.82, 2.24) is 4.90 Å². The van der Waals surface area contributed by atoms with E-state index in [1.54, 1.807) is 0 Å². The maximum atomic E-state index is 13.3. The van der Waals surface area contributed by atoms with Crippen LogP contribution >= 0.6 is 0 Å². The van der Waals surface area contributed by atoms with Crippen molar-refractivity contribution in [2.75, 3.05) is 19.7 Å². The second-order valence-electron chi connectivity index (χ2n) is 8.81. The van der Waals surface area contributed by atoms with Crippen LogP contribution in [0.2, 0.25) is 0 Å². The lowest BCUT2D eigenvalue weighted by molar-refractivity contribution is -0.211. The van der Waals surface area contributed by atoms with Crippen molar-refractivity contribution in [2.24, 2.45) is 16.7 Å². The van der Waals surface area contributed by atoms with Gasteiger partial charge in [0.05, 0.1) is 12.2 Å². The van der Waals surface area contributed by atoms with Gasteiger partial charge in [-0.2, -0.15) is 0 Å². The smallest absolute Gasteiger partial charge is 0.228 e. The monoisotopic (exact) mass is 337 g/mol. The fraction of sp³-hybridized carbons (Fsp3) is 0.950. The number of aliphatic hydroxyl groups is 1. The van der Waals surface area contributed by atoms with Crippen molar-refractivity contribution in [3.63, 3.8) is 0 Å². The first-order valence-electron chi connectivity index (χ1n) is 10.0. The zero-order chi connectivity index (χ0) is 17.4. The molecule has 2 atom stereocenters. The van der Waals surface area contributed by atoms with Crippen LogP contribution in [-0.2, 0) is 9.53 Å². The number of piperidine rings is 1. The van der Waals surface area contributed by atoms with Crippen molar-refractivity contribution in [2.45, 2.75) is 84.3 Å². The van der Waals surface area contributed by atoms with Crippen LogP contribution in [0.25, 0.3) is 0 Å². The lowest BCUT2D eigenvalue weighted by Gasteiger charge is -2.57. The summed E-state index contributed by atoms with van der Waals surface area (Å²) in [5, 5.41) is 10.3. The second kappa shape index (κ2) is 6.95. The van der Waals surface area contributed by atoms with Crippen LogP contribution in [0.3, 0.4) is 0 Å². The highest BCUT2D eigenvalue weighted by atomic mass is 16.5. The molecule has 1 N–H and O–H groups in total. The average molecular weight is 338 g/mol. The van der Waals surface area contributed by atoms with Gasteiger partial charge in [-0.05, 0) is 44.9 Å². The predicted octanol–water partition coefficient (Wildman–Crippen LogP) is 3.37. The Balaban J connectivity index is 1.64. The van der Waals surface area contributed by atoms with Crippen LogP contribution in [-0.4, -0.2) is 47.8 Å². The Kier molecular flexibility index (Phi) is 5.27. The van der Waals surface area contributed by atoms with Crippen LogP contribution < -0.4 is 0 Å². The Labute approximate surface area is 146 Å². The van der Waals surface area contributed by atoms with E-state index in [2.05, 4.69) is 18.7 Å². The molecule has 2 saturated carbocycles. The van der Waals surface area contributed by atoms with E-state index in [0.29, 0.717) is 18.4 Å². The van der Waals surface area contributed by atoms with E-state index in [4.69, 9.17) is 4.74 Å². The molecule has 0 radical (unpaired) electrons. The molecule has 24 heavy (non-hydrogen) atoms. The zero-order valence-corrected chi connectivity index (χ0v) is 15.7. The minimum atomic E-state index is -0.248. The van der Waals surface area contributed by atoms with Crippen LogP contribution in [0.15, 0.2) is 0 Å². The second-order valence-corrected chi connectivity index (χ2v) is 8.81. The maximum Gasteiger partial charge on any atom is 0.228 e. The Morgan fingerprint density at radius 1 is 1.21 bits per heavy atom. The Morgan fingerprint density at radius 2 is 1.83 bits per heavy atom. The SMILES string of the molecule is CCOC1CC(O)C12CCN(C(=O)C1(CC(C)C)CCCC1)CC2. The molecule has 138 valence electrons. The van der Waals surface area contributed by atoms with Crippen molar-refractivity contribution >= 4 is 5.91 Å². The molecule has 1 amide bonds. The third-order valence-corrected chi connectivity index (χ3v) is 6.90. The van der Waals surface area contributed by atoms with Crippen LogP contribution in [0.5, 0.6) is 0 Å². The summed E-state index contributed by atoms with van der Waals surface area (Å²) in [4.78, 5) is 15.4. The number of aliphatic hydroxyl groups excluding tert-OH is 1. The van der Waals surface area contributed by atoms with Crippen molar-refractivity contribution < 1.29 is 14.6 Å². The lowest BCUT2D eigenvalue weighted by atomic mass is 9.58. The Bertz CT molecular complexity index is 446. The van der Waals surface area contributed by atoms with Gasteiger partial charge < -0.3 is 14.7 Å². The summed E-state index contributed by atoms with van der Waals surface area (Å²) in [6.45, 7) is 8.77. The predicted molar refractivity (Wildman–Crippen MR) is 94.6 cm³/mol. The van der Waals surface area contributed by atoms with Gasteiger partial charge in [-0.1, -0.05) is 26.7 Å². The van der Waals surface area contributed by atoms with Crippen LogP contribution in [0.4, 0.5) is 0 Å². The first-order valence-corrected chi connectivity index (χ1v) is 10.0. The highest BCUT2D eigenvalue weighted by Gasteiger charge is 2.57. The third-order valence-electron chi connectivity index (χ3n) is 6.90. The topological polar surface area (TPSA) is 49.8 Å². The Morgan fingerprint density at radius 3 is 2.33 bits per heavy atom. The molecule has 2 unspecified atom stereocenters. The van der Waals surface area contributed by atoms with Crippen molar-refractivity contribution in [3.8, 4) is 0 Å². The minimum Gasteiger partial charge on any atom is -0.392 e. The highest BCUT2D eigenvalue weighted by Crippen LogP contribution is 2.52. The van der Waals surface area contributed by atoms with E-state index < -0.39 is 0 Å². The standard InChI is InChI=1S/C20H35NO3/c1-4-24-17-13-16(22)20(17)9-11-21(12-10-20)18(23)19(14-15(2)3)7-5-6-8-19/h15-17,22H,4-14H2,1-3H3. The molecule has 4 nitrogen and oxygen atoms in total. The summed E-state index contributed by atoms with van der Waals surface area (Å²) in [5.41, 5.74) is -0.191. The minimum absolute atomic E-state index is 0.0896. The molecule has 1 aliphatic heterocycles. The number of amides is 1. The van der Waals surface area contributed by atoms with Gasteiger partial charge in [0, 0.05) is 36.9 Å². The van der Waals surface area contributed by atoms with E-state index in [-0.39, 0.29) is 23.0 Å². The van der Waals surface area contributed by atoms with Gasteiger partial charge in [-0.3, -0.25) is 4.79 Å². The number of carbonyl (C=O) groups excluding carboxylic acids is 1. The highest BCUT2D eigenvalue weighted by molar-refractivity contribution is 5.83. The van der Waals surface area contributed by atoms with E-state index in [1.165, 1.54) is 12.8 Å². The number of hydrogen-bond donors (Lipinski definition) is 1. The number of ether oxygens (including phenoxy) is 1. The summed E-state index contributed by atoms with van der Waals surface area (Å²) >= 11 is 0. The molecule has 4 heteroatoms. The number of nitrogens with zero attached hydrogens (tertiary/aromatic N) is 1. The molecule has 1 heterocycles. The van der Waals surface area contributed by atoms with Gasteiger partial charge in [0.15, 0.2) is 0 Å². The molecule has 1 spiro atoms. The normalized spacial score (nSPS) is 31.5. The Hall–Kier alpha value is -0.610. The van der Waals surface area contributed by atoms with E-state index >= 15 is 0 Å². The largest absolute Gasteiger partial charge is 0.392 e. The first-order chi connectivity index (χ1) is 11.4. The molecule has 0 aromatic heterocycles. The zero-order valence-electron chi connectivity index (χ0n) is 15.7. The summed E-state index contributed by atoms with van der Waals surface area (Å²) in [5.74, 6) is 0.962. The number of carbonyl (C=O) groups is 1. The summed E-state index contributed by atoms with van der Waals surface area (Å²) in [6, 6.07) is 0. The number of hydrogen-bond acceptors (Lipinski definition) is 3.